The Kier molecular flexibility index (Phi) is 3.57. The van der Waals surface area contributed by atoms with Crippen molar-refractivity contribution >= 4 is 11.7 Å². The molecule has 1 N–H and O–H groups in total. The normalized spacial score (nSPS) is 14.4. The van der Waals surface area contributed by atoms with Crippen LogP contribution in [-0.4, -0.2) is 17.7 Å². The Hall–Kier alpha value is -1.64. The van der Waals surface area contributed by atoms with Crippen LogP contribution in [0.25, 0.3) is 0 Å². The number of hydrogen-bond acceptors (Lipinski definition) is 2. The molecule has 0 aromatic heterocycles. The molecule has 1 aromatic carbocycles. The second-order valence-corrected chi connectivity index (χ2v) is 4.64. The van der Waals surface area contributed by atoms with Gasteiger partial charge < -0.3 is 10.1 Å². The van der Waals surface area contributed by atoms with Crippen LogP contribution in [0.2, 0.25) is 0 Å². The Balaban J connectivity index is 1.83. The molecule has 0 bridgehead atoms. The molecule has 1 aromatic rings. The predicted octanol–water partition coefficient (Wildman–Crippen LogP) is 1.64. The minimum atomic E-state index is -0.0157. The molecular formula is C14H17NO2. The number of ketones is 1. The molecule has 0 radical (unpaired) electrons. The lowest BCUT2D eigenvalue weighted by Gasteiger charge is -2.11. The summed E-state index contributed by atoms with van der Waals surface area (Å²) in [4.78, 5) is 22.4. The van der Waals surface area contributed by atoms with Gasteiger partial charge in [0.05, 0.1) is 0 Å². The van der Waals surface area contributed by atoms with E-state index in [0.717, 1.165) is 12.8 Å². The maximum atomic E-state index is 11.6. The highest BCUT2D eigenvalue weighted by Gasteiger charge is 2.22. The summed E-state index contributed by atoms with van der Waals surface area (Å²) in [5.41, 5.74) is 2.65. The van der Waals surface area contributed by atoms with Gasteiger partial charge in [0.1, 0.15) is 5.78 Å². The fourth-order valence-corrected chi connectivity index (χ4v) is 2.25. The van der Waals surface area contributed by atoms with Crippen molar-refractivity contribution in [2.75, 3.05) is 0 Å². The Morgan fingerprint density at radius 3 is 2.29 bits per heavy atom. The number of nitrogens with one attached hydrogen (secondary N) is 1. The van der Waals surface area contributed by atoms with E-state index in [9.17, 15) is 9.59 Å². The van der Waals surface area contributed by atoms with Crippen molar-refractivity contribution < 1.29 is 9.59 Å². The number of rotatable bonds is 4. The lowest BCUT2D eigenvalue weighted by Crippen LogP contribution is -2.35. The van der Waals surface area contributed by atoms with Crippen LogP contribution in [0.4, 0.5) is 0 Å². The average Bonchev–Trinajstić information content (AvgIpc) is 2.68. The molecule has 0 spiro atoms. The molecule has 0 aliphatic heterocycles. The third-order valence-corrected chi connectivity index (χ3v) is 3.12. The van der Waals surface area contributed by atoms with E-state index in [2.05, 4.69) is 17.4 Å². The van der Waals surface area contributed by atoms with Crippen molar-refractivity contribution in [3.05, 3.63) is 35.4 Å². The largest absolute Gasteiger partial charge is 0.353 e. The summed E-state index contributed by atoms with van der Waals surface area (Å²) in [6.45, 7) is 1.51. The van der Waals surface area contributed by atoms with Gasteiger partial charge in [-0.15, -0.1) is 0 Å². The van der Waals surface area contributed by atoms with Gasteiger partial charge in [0.15, 0.2) is 0 Å². The van der Waals surface area contributed by atoms with Gasteiger partial charge >= 0.3 is 0 Å². The SMILES string of the molecule is CC(=O)CCC(=O)NC1Cc2ccccc2C1. The van der Waals surface area contributed by atoms with E-state index in [1.54, 1.807) is 0 Å². The van der Waals surface area contributed by atoms with E-state index in [0.29, 0.717) is 12.8 Å². The summed E-state index contributed by atoms with van der Waals surface area (Å²) < 4.78 is 0. The highest BCUT2D eigenvalue weighted by atomic mass is 16.2. The number of benzene rings is 1. The molecule has 1 aliphatic carbocycles. The van der Waals surface area contributed by atoms with Crippen LogP contribution >= 0.6 is 0 Å². The number of hydrogen-bond donors (Lipinski definition) is 1. The maximum Gasteiger partial charge on any atom is 0.220 e. The molecule has 1 aliphatic rings. The third kappa shape index (κ3) is 3.16. The fourth-order valence-electron chi connectivity index (χ4n) is 2.25. The highest BCUT2D eigenvalue weighted by Crippen LogP contribution is 2.21. The maximum absolute atomic E-state index is 11.6. The Morgan fingerprint density at radius 1 is 1.18 bits per heavy atom. The summed E-state index contributed by atoms with van der Waals surface area (Å²) in [5.74, 6) is 0.0489. The van der Waals surface area contributed by atoms with Gasteiger partial charge in [0.25, 0.3) is 0 Å². The molecular weight excluding hydrogens is 214 g/mol. The van der Waals surface area contributed by atoms with Gasteiger partial charge in [-0.3, -0.25) is 4.79 Å². The second-order valence-electron chi connectivity index (χ2n) is 4.64. The topological polar surface area (TPSA) is 46.2 Å². The number of carbonyl (C=O) groups is 2. The molecule has 17 heavy (non-hydrogen) atoms. The minimum Gasteiger partial charge on any atom is -0.353 e. The molecule has 90 valence electrons. The molecule has 0 heterocycles. The van der Waals surface area contributed by atoms with Gasteiger partial charge in [0, 0.05) is 18.9 Å². The summed E-state index contributed by atoms with van der Waals surface area (Å²) in [5, 5.41) is 2.99. The van der Waals surface area contributed by atoms with Crippen LogP contribution in [0.15, 0.2) is 24.3 Å². The van der Waals surface area contributed by atoms with Crippen molar-refractivity contribution in [1.82, 2.24) is 5.32 Å². The number of amides is 1. The Labute approximate surface area is 101 Å². The molecule has 0 atom stereocenters. The second kappa shape index (κ2) is 5.13. The van der Waals surface area contributed by atoms with E-state index >= 15 is 0 Å². The van der Waals surface area contributed by atoms with Gasteiger partial charge in [-0.2, -0.15) is 0 Å². The van der Waals surface area contributed by atoms with Crippen LogP contribution in [0, 0.1) is 0 Å². The van der Waals surface area contributed by atoms with E-state index in [-0.39, 0.29) is 17.7 Å². The molecule has 2 rings (SSSR count). The van der Waals surface area contributed by atoms with Crippen molar-refractivity contribution in [1.29, 1.82) is 0 Å². The van der Waals surface area contributed by atoms with Crippen LogP contribution in [0.1, 0.15) is 30.9 Å². The first-order chi connectivity index (χ1) is 8.15. The van der Waals surface area contributed by atoms with Crippen molar-refractivity contribution in [3.63, 3.8) is 0 Å². The minimum absolute atomic E-state index is 0.0157. The fraction of sp³-hybridized carbons (Fsp3) is 0.429. The molecule has 3 heteroatoms. The molecule has 1 amide bonds. The van der Waals surface area contributed by atoms with Crippen LogP contribution in [-0.2, 0) is 22.4 Å². The first-order valence-electron chi connectivity index (χ1n) is 6.00. The van der Waals surface area contributed by atoms with Gasteiger partial charge in [-0.25, -0.2) is 0 Å². The highest BCUT2D eigenvalue weighted by molar-refractivity contribution is 5.83. The number of fused-ring (bicyclic) bond motifs is 1. The zero-order valence-corrected chi connectivity index (χ0v) is 10.0. The number of carbonyl (C=O) groups excluding carboxylic acids is 2. The van der Waals surface area contributed by atoms with Gasteiger partial charge in [0.2, 0.25) is 5.91 Å². The predicted molar refractivity (Wildman–Crippen MR) is 65.7 cm³/mol. The van der Waals surface area contributed by atoms with Crippen molar-refractivity contribution in [2.45, 2.75) is 38.6 Å². The lowest BCUT2D eigenvalue weighted by molar-refractivity contribution is -0.125. The van der Waals surface area contributed by atoms with Crippen molar-refractivity contribution in [2.24, 2.45) is 0 Å². The summed E-state index contributed by atoms with van der Waals surface area (Å²) in [6, 6.07) is 8.47. The molecule has 0 unspecified atom stereocenters. The summed E-state index contributed by atoms with van der Waals surface area (Å²) in [7, 11) is 0. The summed E-state index contributed by atoms with van der Waals surface area (Å²) >= 11 is 0. The van der Waals surface area contributed by atoms with Gasteiger partial charge in [-0.1, -0.05) is 24.3 Å². The van der Waals surface area contributed by atoms with Crippen LogP contribution < -0.4 is 5.32 Å². The zero-order valence-electron chi connectivity index (χ0n) is 10.0. The molecule has 3 nitrogen and oxygen atoms in total. The molecule has 0 fully saturated rings. The first-order valence-corrected chi connectivity index (χ1v) is 6.00. The third-order valence-electron chi connectivity index (χ3n) is 3.12. The summed E-state index contributed by atoms with van der Waals surface area (Å²) in [6.07, 6.45) is 2.46. The van der Waals surface area contributed by atoms with Gasteiger partial charge in [-0.05, 0) is 30.9 Å². The van der Waals surface area contributed by atoms with E-state index in [1.807, 2.05) is 12.1 Å². The Morgan fingerprint density at radius 2 is 1.76 bits per heavy atom. The first kappa shape index (κ1) is 11.8. The van der Waals surface area contributed by atoms with Crippen LogP contribution in [0.5, 0.6) is 0 Å². The number of Topliss-reactive ketones (excluding diaryl/α,β-unsaturated/α-hetero) is 1. The average molecular weight is 231 g/mol. The van der Waals surface area contributed by atoms with E-state index < -0.39 is 0 Å². The zero-order chi connectivity index (χ0) is 12.3. The van der Waals surface area contributed by atoms with Crippen LogP contribution in [0.3, 0.4) is 0 Å². The van der Waals surface area contributed by atoms with E-state index in [1.165, 1.54) is 18.1 Å². The monoisotopic (exact) mass is 231 g/mol. The molecule has 0 saturated carbocycles. The van der Waals surface area contributed by atoms with Crippen molar-refractivity contribution in [3.8, 4) is 0 Å². The lowest BCUT2D eigenvalue weighted by atomic mass is 10.1. The Bertz CT molecular complexity index is 415. The van der Waals surface area contributed by atoms with E-state index in [4.69, 9.17) is 0 Å². The molecule has 0 saturated heterocycles. The standard InChI is InChI=1S/C14H17NO2/c1-10(16)6-7-14(17)15-13-8-11-4-2-3-5-12(11)9-13/h2-5,13H,6-9H2,1H3,(H,15,17). The smallest absolute Gasteiger partial charge is 0.220 e. The quantitative estimate of drug-likeness (QED) is 0.856.